The normalized spacial score (nSPS) is 26.1. The van der Waals surface area contributed by atoms with Crippen molar-refractivity contribution in [3.63, 3.8) is 0 Å². The largest absolute Gasteiger partial charge is 0.480 e. The molecule has 2 fully saturated rings. The van der Waals surface area contributed by atoms with Crippen LogP contribution >= 0.6 is 11.8 Å². The summed E-state index contributed by atoms with van der Waals surface area (Å²) in [5, 5.41) is 4.57. The molecular formula is C24H29N5O3S. The Morgan fingerprint density at radius 2 is 2.15 bits per heavy atom. The van der Waals surface area contributed by atoms with Gasteiger partial charge in [-0.15, -0.1) is 0 Å². The first-order valence-corrected chi connectivity index (χ1v) is 12.1. The number of nitrogen functional groups attached to an aromatic ring is 1. The number of thioether (sulfide) groups is 1. The van der Waals surface area contributed by atoms with Crippen molar-refractivity contribution >= 4 is 35.8 Å². The topological polar surface area (TPSA) is 120 Å². The highest BCUT2D eigenvalue weighted by Crippen LogP contribution is 2.36. The van der Waals surface area contributed by atoms with Crippen molar-refractivity contribution in [2.75, 3.05) is 5.73 Å². The van der Waals surface area contributed by atoms with E-state index in [1.165, 1.54) is 11.8 Å². The molecule has 8 nitrogen and oxygen atoms in total. The molecule has 0 radical (unpaired) electrons. The fourth-order valence-corrected chi connectivity index (χ4v) is 5.96. The first-order chi connectivity index (χ1) is 15.9. The van der Waals surface area contributed by atoms with Crippen molar-refractivity contribution in [2.24, 2.45) is 5.73 Å². The van der Waals surface area contributed by atoms with Crippen molar-refractivity contribution in [3.8, 4) is 0 Å². The molecule has 3 aliphatic rings. The third-order valence-electron chi connectivity index (χ3n) is 6.62. The van der Waals surface area contributed by atoms with Crippen LogP contribution in [0.25, 0.3) is 12.2 Å². The molecule has 5 N–H and O–H groups in total. The number of carbonyl (C=O) groups excluding carboxylic acids is 1. The smallest absolute Gasteiger partial charge is 0.312 e. The summed E-state index contributed by atoms with van der Waals surface area (Å²) in [6.45, 7) is 4.80. The van der Waals surface area contributed by atoms with Gasteiger partial charge >= 0.3 is 6.03 Å². The zero-order valence-corrected chi connectivity index (χ0v) is 19.2. The molecule has 0 spiro atoms. The zero-order chi connectivity index (χ0) is 22.9. The predicted octanol–water partition coefficient (Wildman–Crippen LogP) is 2.03. The summed E-state index contributed by atoms with van der Waals surface area (Å²) in [6, 6.07) is 6.52. The van der Waals surface area contributed by atoms with E-state index in [1.54, 1.807) is 6.20 Å². The van der Waals surface area contributed by atoms with Gasteiger partial charge in [-0.2, -0.15) is 0 Å². The fraction of sp³-hybridized carbons (Fsp3) is 0.417. The average Bonchev–Trinajstić information content (AvgIpc) is 3.26. The van der Waals surface area contributed by atoms with Crippen molar-refractivity contribution < 1.29 is 13.9 Å². The van der Waals surface area contributed by atoms with Gasteiger partial charge in [0.15, 0.2) is 5.09 Å². The van der Waals surface area contributed by atoms with Gasteiger partial charge in [0.2, 0.25) is 0 Å². The van der Waals surface area contributed by atoms with Gasteiger partial charge in [-0.05, 0) is 68.3 Å². The highest BCUT2D eigenvalue weighted by atomic mass is 32.2. The van der Waals surface area contributed by atoms with Crippen molar-refractivity contribution in [2.45, 2.75) is 67.8 Å². The monoisotopic (exact) mass is 467 g/mol. The van der Waals surface area contributed by atoms with Gasteiger partial charge in [-0.25, -0.2) is 9.78 Å². The maximum Gasteiger partial charge on any atom is 0.312 e. The third-order valence-corrected chi connectivity index (χ3v) is 7.51. The minimum Gasteiger partial charge on any atom is -0.480 e. The summed E-state index contributed by atoms with van der Waals surface area (Å²) < 4.78 is 12.2. The summed E-state index contributed by atoms with van der Waals surface area (Å²) in [6.07, 6.45) is 10.6. The minimum absolute atomic E-state index is 0.138. The number of hydrogen-bond acceptors (Lipinski definition) is 7. The summed E-state index contributed by atoms with van der Waals surface area (Å²) in [5.74, 6) is 1.43. The quantitative estimate of drug-likeness (QED) is 0.421. The van der Waals surface area contributed by atoms with Crippen LogP contribution in [0.1, 0.15) is 37.9 Å². The zero-order valence-electron chi connectivity index (χ0n) is 18.4. The Kier molecular flexibility index (Phi) is 6.07. The summed E-state index contributed by atoms with van der Waals surface area (Å²) in [4.78, 5) is 18.7. The molecule has 2 bridgehead atoms. The number of anilines is 1. The van der Waals surface area contributed by atoms with Crippen molar-refractivity contribution in [1.82, 2.24) is 15.2 Å². The molecule has 2 amide bonds. The second-order valence-electron chi connectivity index (χ2n) is 8.89. The van der Waals surface area contributed by atoms with Gasteiger partial charge in [-0.3, -0.25) is 4.90 Å². The number of pyridine rings is 1. The molecule has 2 aromatic heterocycles. The molecule has 2 aromatic rings. The Labute approximate surface area is 196 Å². The van der Waals surface area contributed by atoms with Gasteiger partial charge in [0, 0.05) is 36.0 Å². The number of hydrogen-bond donors (Lipinski definition) is 3. The molecule has 0 aromatic carbocycles. The second kappa shape index (κ2) is 9.15. The molecule has 174 valence electrons. The van der Waals surface area contributed by atoms with Gasteiger partial charge in [0.1, 0.15) is 23.1 Å². The highest BCUT2D eigenvalue weighted by Gasteiger charge is 2.41. The summed E-state index contributed by atoms with van der Waals surface area (Å²) in [7, 11) is 0. The van der Waals surface area contributed by atoms with Crippen LogP contribution in [-0.4, -0.2) is 40.1 Å². The molecular weight excluding hydrogens is 438 g/mol. The molecule has 2 aliphatic heterocycles. The lowest BCUT2D eigenvalue weighted by Gasteiger charge is -2.38. The van der Waals surface area contributed by atoms with Gasteiger partial charge in [-0.1, -0.05) is 6.08 Å². The molecule has 1 unspecified atom stereocenters. The number of rotatable bonds is 7. The van der Waals surface area contributed by atoms with E-state index in [2.05, 4.69) is 33.9 Å². The Hall–Kier alpha value is -2.91. The molecule has 0 saturated carbocycles. The Balaban J connectivity index is 1.22. The first kappa shape index (κ1) is 21.9. The maximum atomic E-state index is 11.2. The summed E-state index contributed by atoms with van der Waals surface area (Å²) in [5.41, 5.74) is 12.1. The molecule has 2 saturated heterocycles. The van der Waals surface area contributed by atoms with Crippen LogP contribution in [0.4, 0.5) is 10.6 Å². The van der Waals surface area contributed by atoms with Crippen molar-refractivity contribution in [3.05, 3.63) is 52.5 Å². The standard InChI is InChI=1S/C24H29N5O3S/c1-14(33-22-3-2-8-27-23(22)25)31-19-7-4-15-9-20(32-21(15)12-19)13-29-17-5-6-18(29)11-16(10-17)28-24(26)30/h2-4,8-9,12,16-19H,1,5-7,10-11,13H2,(H2,25,27)(H3,26,28,30)/t16-,17+,18-,19?. The maximum absolute atomic E-state index is 11.2. The third kappa shape index (κ3) is 4.89. The predicted molar refractivity (Wildman–Crippen MR) is 128 cm³/mol. The van der Waals surface area contributed by atoms with Gasteiger partial charge in [0.25, 0.3) is 0 Å². The number of fused-ring (bicyclic) bond motifs is 3. The SMILES string of the molecule is C=C(OC1C=c2oc(CN3[C@@H]4CC[C@H]3C[C@@H](NC(N)=O)C4)cc2=CC1)Sc1cccnc1N. The number of ether oxygens (including phenoxy) is 1. The van der Waals surface area contributed by atoms with Gasteiger partial charge in [0.05, 0.1) is 11.4 Å². The van der Waals surface area contributed by atoms with Crippen molar-refractivity contribution in [1.29, 1.82) is 0 Å². The van der Waals surface area contributed by atoms with E-state index in [9.17, 15) is 4.79 Å². The van der Waals surface area contributed by atoms with Crippen LogP contribution in [0.5, 0.6) is 0 Å². The number of aromatic nitrogens is 1. The van der Waals surface area contributed by atoms with Crippen LogP contribution in [0.2, 0.25) is 0 Å². The summed E-state index contributed by atoms with van der Waals surface area (Å²) >= 11 is 1.38. The van der Waals surface area contributed by atoms with E-state index in [0.717, 1.165) is 59.9 Å². The number of piperidine rings is 1. The van der Waals surface area contributed by atoms with E-state index in [1.807, 2.05) is 18.2 Å². The lowest BCUT2D eigenvalue weighted by atomic mass is 9.97. The van der Waals surface area contributed by atoms with Crippen LogP contribution in [-0.2, 0) is 11.3 Å². The Morgan fingerprint density at radius 1 is 1.36 bits per heavy atom. The molecule has 5 rings (SSSR count). The Bertz CT molecular complexity index is 1170. The van der Waals surface area contributed by atoms with Crippen LogP contribution in [0.15, 0.2) is 45.4 Å². The van der Waals surface area contributed by atoms with Crippen LogP contribution in [0.3, 0.4) is 0 Å². The number of nitrogens with one attached hydrogen (secondary N) is 1. The van der Waals surface area contributed by atoms with Gasteiger partial charge < -0.3 is 25.9 Å². The van der Waals surface area contributed by atoms with E-state index in [4.69, 9.17) is 20.6 Å². The number of nitrogens with zero attached hydrogens (tertiary/aromatic N) is 2. The number of urea groups is 1. The van der Waals surface area contributed by atoms with E-state index < -0.39 is 6.03 Å². The fourth-order valence-electron chi connectivity index (χ4n) is 5.24. The number of amides is 2. The molecule has 4 atom stereocenters. The van der Waals surface area contributed by atoms with Crippen LogP contribution in [0, 0.1) is 0 Å². The van der Waals surface area contributed by atoms with Crippen LogP contribution < -0.4 is 27.4 Å². The molecule has 4 heterocycles. The highest BCUT2D eigenvalue weighted by molar-refractivity contribution is 8.03. The average molecular weight is 468 g/mol. The Morgan fingerprint density at radius 3 is 2.88 bits per heavy atom. The van der Waals surface area contributed by atoms with E-state index in [0.29, 0.717) is 23.0 Å². The number of nitrogens with two attached hydrogens (primary N) is 2. The lowest BCUT2D eigenvalue weighted by molar-refractivity contribution is 0.103. The van der Waals surface area contributed by atoms with E-state index in [-0.39, 0.29) is 12.1 Å². The first-order valence-electron chi connectivity index (χ1n) is 11.3. The molecule has 33 heavy (non-hydrogen) atoms. The second-order valence-corrected chi connectivity index (χ2v) is 9.99. The lowest BCUT2D eigenvalue weighted by Crippen LogP contribution is -2.51. The number of primary amides is 1. The number of furan rings is 1. The van der Waals surface area contributed by atoms with E-state index >= 15 is 0 Å². The molecule has 1 aliphatic carbocycles. The molecule has 9 heteroatoms. The minimum atomic E-state index is -0.431. The number of carbonyl (C=O) groups is 1.